The number of hydrogen-bond acceptors (Lipinski definition) is 3. The van der Waals surface area contributed by atoms with Crippen molar-refractivity contribution in [3.05, 3.63) is 35.4 Å². The number of piperidine rings is 1. The maximum Gasteiger partial charge on any atom is 0.303 e. The molecule has 0 aromatic heterocycles. The molecule has 2 atom stereocenters. The first-order valence-electron chi connectivity index (χ1n) is 8.50. The molecule has 2 bridgehead atoms. The van der Waals surface area contributed by atoms with Crippen molar-refractivity contribution in [3.8, 4) is 0 Å². The van der Waals surface area contributed by atoms with Gasteiger partial charge < -0.3 is 10.2 Å². The largest absolute Gasteiger partial charge is 0.481 e. The first kappa shape index (κ1) is 17.3. The Morgan fingerprint density at radius 3 is 2.50 bits per heavy atom. The lowest BCUT2D eigenvalue weighted by atomic mass is 9.81. The highest BCUT2D eigenvalue weighted by atomic mass is 19.1. The van der Waals surface area contributed by atoms with E-state index in [0.29, 0.717) is 24.8 Å². The van der Waals surface area contributed by atoms with Crippen molar-refractivity contribution in [1.29, 1.82) is 0 Å². The van der Waals surface area contributed by atoms with Gasteiger partial charge in [-0.05, 0) is 50.3 Å². The molecule has 0 saturated carbocycles. The Morgan fingerprint density at radius 2 is 1.92 bits per heavy atom. The fraction of sp³-hybridized carbons (Fsp3) is 0.611. The van der Waals surface area contributed by atoms with Crippen molar-refractivity contribution < 1.29 is 23.8 Å². The van der Waals surface area contributed by atoms with Crippen LogP contribution in [-0.2, 0) is 11.2 Å². The molecule has 132 valence electrons. The number of halogens is 2. The number of hydrogen-bond donors (Lipinski definition) is 2. The highest BCUT2D eigenvalue weighted by Crippen LogP contribution is 2.42. The summed E-state index contributed by atoms with van der Waals surface area (Å²) in [6, 6.07) is 3.91. The summed E-state index contributed by atoms with van der Waals surface area (Å²) in [5.74, 6) is -2.01. The zero-order valence-electron chi connectivity index (χ0n) is 13.5. The molecule has 1 aromatic carbocycles. The van der Waals surface area contributed by atoms with E-state index in [9.17, 15) is 18.7 Å². The average Bonchev–Trinajstić information content (AvgIpc) is 2.74. The van der Waals surface area contributed by atoms with E-state index in [-0.39, 0.29) is 24.9 Å². The average molecular weight is 339 g/mol. The van der Waals surface area contributed by atoms with E-state index >= 15 is 0 Å². The first-order chi connectivity index (χ1) is 11.4. The standard InChI is InChI=1S/C18H23F2NO3/c19-13-4-3-12(16(20)8-13)9-18(24)10-14-5-6-15(11-18)21(14)7-1-2-17(22)23/h3-4,8,14-15,24H,1-2,5-7,9-11H2,(H,22,23). The van der Waals surface area contributed by atoms with Gasteiger partial charge in [0.05, 0.1) is 5.60 Å². The van der Waals surface area contributed by atoms with E-state index in [1.54, 1.807) is 0 Å². The second-order valence-corrected chi connectivity index (χ2v) is 7.17. The summed E-state index contributed by atoms with van der Waals surface area (Å²) in [4.78, 5) is 13.0. The third kappa shape index (κ3) is 3.75. The van der Waals surface area contributed by atoms with Gasteiger partial charge in [0.15, 0.2) is 0 Å². The van der Waals surface area contributed by atoms with Crippen LogP contribution in [0.3, 0.4) is 0 Å². The lowest BCUT2D eigenvalue weighted by molar-refractivity contribution is -0.137. The maximum absolute atomic E-state index is 13.9. The summed E-state index contributed by atoms with van der Waals surface area (Å²) >= 11 is 0. The zero-order chi connectivity index (χ0) is 17.3. The molecule has 6 heteroatoms. The zero-order valence-corrected chi connectivity index (χ0v) is 13.5. The molecule has 4 nitrogen and oxygen atoms in total. The third-order valence-electron chi connectivity index (χ3n) is 5.34. The van der Waals surface area contributed by atoms with Gasteiger partial charge in [0.25, 0.3) is 0 Å². The van der Waals surface area contributed by atoms with E-state index in [4.69, 9.17) is 5.11 Å². The fourth-order valence-electron chi connectivity index (χ4n) is 4.36. The monoisotopic (exact) mass is 339 g/mol. The molecule has 0 aliphatic carbocycles. The predicted octanol–water partition coefficient (Wildman–Crippen LogP) is 2.73. The van der Waals surface area contributed by atoms with Crippen LogP contribution in [0.15, 0.2) is 18.2 Å². The normalized spacial score (nSPS) is 29.8. The van der Waals surface area contributed by atoms with Gasteiger partial charge in [0.1, 0.15) is 11.6 Å². The molecule has 3 rings (SSSR count). The Balaban J connectivity index is 1.64. The molecule has 0 spiro atoms. The Hall–Kier alpha value is -1.53. The topological polar surface area (TPSA) is 60.8 Å². The van der Waals surface area contributed by atoms with Gasteiger partial charge in [-0.1, -0.05) is 6.07 Å². The number of carbonyl (C=O) groups is 1. The highest BCUT2D eigenvalue weighted by Gasteiger charge is 2.47. The Bertz CT molecular complexity index is 608. The SMILES string of the molecule is O=C(O)CCCN1C2CCC1CC(O)(Cc1ccc(F)cc1F)C2. The van der Waals surface area contributed by atoms with E-state index in [0.717, 1.165) is 25.5 Å². The lowest BCUT2D eigenvalue weighted by Crippen LogP contribution is -2.52. The second kappa shape index (κ2) is 6.76. The van der Waals surface area contributed by atoms with Crippen LogP contribution in [-0.4, -0.2) is 45.3 Å². The number of fused-ring (bicyclic) bond motifs is 2. The van der Waals surface area contributed by atoms with Gasteiger partial charge in [0, 0.05) is 31.0 Å². The summed E-state index contributed by atoms with van der Waals surface area (Å²) in [7, 11) is 0. The fourth-order valence-corrected chi connectivity index (χ4v) is 4.36. The molecular weight excluding hydrogens is 316 g/mol. The molecular formula is C18H23F2NO3. The Labute approximate surface area is 140 Å². The van der Waals surface area contributed by atoms with Gasteiger partial charge in [-0.2, -0.15) is 0 Å². The minimum Gasteiger partial charge on any atom is -0.481 e. The number of carboxylic acid groups (broad SMARTS) is 1. The van der Waals surface area contributed by atoms with Crippen molar-refractivity contribution in [2.24, 2.45) is 0 Å². The van der Waals surface area contributed by atoms with Gasteiger partial charge in [-0.3, -0.25) is 9.69 Å². The molecule has 2 N–H and O–H groups in total. The maximum atomic E-state index is 13.9. The minimum absolute atomic E-state index is 0.154. The molecule has 2 saturated heterocycles. The summed E-state index contributed by atoms with van der Waals surface area (Å²) < 4.78 is 26.9. The summed E-state index contributed by atoms with van der Waals surface area (Å²) in [5.41, 5.74) is -0.633. The van der Waals surface area contributed by atoms with Crippen molar-refractivity contribution in [2.75, 3.05) is 6.54 Å². The number of benzene rings is 1. The molecule has 2 unspecified atom stereocenters. The van der Waals surface area contributed by atoms with Gasteiger partial charge in [-0.15, -0.1) is 0 Å². The van der Waals surface area contributed by atoms with Crippen LogP contribution in [0.4, 0.5) is 8.78 Å². The quantitative estimate of drug-likeness (QED) is 0.837. The van der Waals surface area contributed by atoms with Gasteiger partial charge in [0.2, 0.25) is 0 Å². The van der Waals surface area contributed by atoms with Crippen LogP contribution >= 0.6 is 0 Å². The van der Waals surface area contributed by atoms with E-state index in [1.165, 1.54) is 12.1 Å². The molecule has 0 radical (unpaired) electrons. The molecule has 1 aromatic rings. The minimum atomic E-state index is -0.978. The summed E-state index contributed by atoms with van der Waals surface area (Å²) in [5, 5.41) is 19.7. The third-order valence-corrected chi connectivity index (χ3v) is 5.34. The lowest BCUT2D eigenvalue weighted by Gasteiger charge is -2.44. The molecule has 2 aliphatic heterocycles. The molecule has 0 amide bonds. The van der Waals surface area contributed by atoms with Crippen molar-refractivity contribution >= 4 is 5.97 Å². The van der Waals surface area contributed by atoms with Crippen molar-refractivity contribution in [3.63, 3.8) is 0 Å². The number of rotatable bonds is 6. The van der Waals surface area contributed by atoms with E-state index < -0.39 is 23.2 Å². The van der Waals surface area contributed by atoms with E-state index in [2.05, 4.69) is 4.90 Å². The summed E-state index contributed by atoms with van der Waals surface area (Å²) in [6.45, 7) is 0.725. The molecule has 2 fully saturated rings. The van der Waals surface area contributed by atoms with Crippen LogP contribution in [0, 0.1) is 11.6 Å². The van der Waals surface area contributed by atoms with Crippen LogP contribution in [0.2, 0.25) is 0 Å². The van der Waals surface area contributed by atoms with Crippen molar-refractivity contribution in [1.82, 2.24) is 4.90 Å². The highest BCUT2D eigenvalue weighted by molar-refractivity contribution is 5.66. The first-order valence-corrected chi connectivity index (χ1v) is 8.50. The Kier molecular flexibility index (Phi) is 4.88. The van der Waals surface area contributed by atoms with Crippen LogP contribution in [0.25, 0.3) is 0 Å². The van der Waals surface area contributed by atoms with Crippen LogP contribution < -0.4 is 0 Å². The number of aliphatic hydroxyl groups is 1. The van der Waals surface area contributed by atoms with Gasteiger partial charge >= 0.3 is 5.97 Å². The smallest absolute Gasteiger partial charge is 0.303 e. The molecule has 24 heavy (non-hydrogen) atoms. The number of carboxylic acids is 1. The predicted molar refractivity (Wildman–Crippen MR) is 84.6 cm³/mol. The van der Waals surface area contributed by atoms with Crippen molar-refractivity contribution in [2.45, 2.75) is 62.6 Å². The molecule has 2 aliphatic rings. The van der Waals surface area contributed by atoms with Gasteiger partial charge in [-0.25, -0.2) is 8.78 Å². The van der Waals surface area contributed by atoms with Crippen LogP contribution in [0.5, 0.6) is 0 Å². The number of nitrogens with zero attached hydrogens (tertiary/aromatic N) is 1. The number of aliphatic carboxylic acids is 1. The second-order valence-electron chi connectivity index (χ2n) is 7.17. The van der Waals surface area contributed by atoms with E-state index in [1.807, 2.05) is 0 Å². The van der Waals surface area contributed by atoms with Crippen LogP contribution in [0.1, 0.15) is 44.1 Å². The summed E-state index contributed by atoms with van der Waals surface area (Å²) in [6.07, 6.45) is 4.00. The molecule has 2 heterocycles. The Morgan fingerprint density at radius 1 is 1.25 bits per heavy atom.